The van der Waals surface area contributed by atoms with Gasteiger partial charge in [0.1, 0.15) is 4.88 Å². The molecular weight excluding hydrogens is 250 g/mol. The number of nitrogens with zero attached hydrogens (tertiary/aromatic N) is 2. The zero-order valence-electron chi connectivity index (χ0n) is 10.3. The van der Waals surface area contributed by atoms with Crippen LogP contribution >= 0.6 is 11.3 Å². The first-order valence-electron chi connectivity index (χ1n) is 6.32. The molecule has 6 heteroatoms. The summed E-state index contributed by atoms with van der Waals surface area (Å²) in [5.41, 5.74) is 5.55. The van der Waals surface area contributed by atoms with Crippen molar-refractivity contribution in [3.8, 4) is 0 Å². The number of aliphatic hydroxyl groups is 1. The molecule has 0 bridgehead atoms. The lowest BCUT2D eigenvalue weighted by Crippen LogP contribution is -2.39. The van der Waals surface area contributed by atoms with Crippen molar-refractivity contribution in [2.75, 3.05) is 25.4 Å². The van der Waals surface area contributed by atoms with Crippen LogP contribution in [0.15, 0.2) is 6.20 Å². The molecule has 1 aromatic rings. The topological polar surface area (TPSA) is 79.5 Å². The van der Waals surface area contributed by atoms with Gasteiger partial charge < -0.3 is 15.7 Å². The third kappa shape index (κ3) is 3.20. The summed E-state index contributed by atoms with van der Waals surface area (Å²) in [7, 11) is 0. The SMILES string of the molecule is Nc1ncc(C(=O)N2CCCC(CCCO)C2)s1. The van der Waals surface area contributed by atoms with Crippen molar-refractivity contribution in [3.05, 3.63) is 11.1 Å². The van der Waals surface area contributed by atoms with Crippen LogP contribution in [-0.4, -0.2) is 40.6 Å². The van der Waals surface area contributed by atoms with Crippen LogP contribution in [0.3, 0.4) is 0 Å². The van der Waals surface area contributed by atoms with Gasteiger partial charge >= 0.3 is 0 Å². The fourth-order valence-corrected chi connectivity index (χ4v) is 3.06. The zero-order chi connectivity index (χ0) is 13.0. The van der Waals surface area contributed by atoms with E-state index in [1.54, 1.807) is 6.20 Å². The normalized spacial score (nSPS) is 20.1. The standard InChI is InChI=1S/C12H19N3O2S/c13-12-14-7-10(18-12)11(17)15-5-1-3-9(8-15)4-2-6-16/h7,9,16H,1-6,8H2,(H2,13,14). The van der Waals surface area contributed by atoms with Crippen molar-refractivity contribution < 1.29 is 9.90 Å². The molecule has 1 fully saturated rings. The first-order valence-corrected chi connectivity index (χ1v) is 7.14. The van der Waals surface area contributed by atoms with Gasteiger partial charge in [0.2, 0.25) is 0 Å². The molecule has 1 aliphatic heterocycles. The average molecular weight is 269 g/mol. The molecule has 0 saturated carbocycles. The Balaban J connectivity index is 1.94. The van der Waals surface area contributed by atoms with E-state index < -0.39 is 0 Å². The van der Waals surface area contributed by atoms with Crippen molar-refractivity contribution in [1.82, 2.24) is 9.88 Å². The second-order valence-electron chi connectivity index (χ2n) is 4.69. The lowest BCUT2D eigenvalue weighted by atomic mass is 9.93. The molecule has 0 aliphatic carbocycles. The second kappa shape index (κ2) is 6.15. The molecule has 1 amide bonds. The summed E-state index contributed by atoms with van der Waals surface area (Å²) in [5, 5.41) is 9.29. The van der Waals surface area contributed by atoms with E-state index in [-0.39, 0.29) is 12.5 Å². The summed E-state index contributed by atoms with van der Waals surface area (Å²) < 4.78 is 0. The smallest absolute Gasteiger partial charge is 0.265 e. The van der Waals surface area contributed by atoms with Crippen LogP contribution in [0.1, 0.15) is 35.4 Å². The Bertz CT molecular complexity index is 408. The first kappa shape index (κ1) is 13.3. The maximum atomic E-state index is 12.2. The second-order valence-corrected chi connectivity index (χ2v) is 5.75. The Labute approximate surface area is 111 Å². The quantitative estimate of drug-likeness (QED) is 0.864. The molecule has 3 N–H and O–H groups in total. The van der Waals surface area contributed by atoms with Crippen molar-refractivity contribution >= 4 is 22.4 Å². The summed E-state index contributed by atoms with van der Waals surface area (Å²) in [6, 6.07) is 0. The Morgan fingerprint density at radius 3 is 3.17 bits per heavy atom. The van der Waals surface area contributed by atoms with E-state index in [4.69, 9.17) is 10.8 Å². The highest BCUT2D eigenvalue weighted by atomic mass is 32.1. The van der Waals surface area contributed by atoms with E-state index >= 15 is 0 Å². The van der Waals surface area contributed by atoms with Crippen molar-refractivity contribution in [3.63, 3.8) is 0 Å². The molecular formula is C12H19N3O2S. The van der Waals surface area contributed by atoms with Crippen LogP contribution in [0.2, 0.25) is 0 Å². The Hall–Kier alpha value is -1.14. The molecule has 18 heavy (non-hydrogen) atoms. The molecule has 1 saturated heterocycles. The van der Waals surface area contributed by atoms with E-state index in [1.807, 2.05) is 4.90 Å². The highest BCUT2D eigenvalue weighted by Gasteiger charge is 2.25. The minimum absolute atomic E-state index is 0.0397. The predicted molar refractivity (Wildman–Crippen MR) is 71.5 cm³/mol. The number of carbonyl (C=O) groups excluding carboxylic acids is 1. The minimum Gasteiger partial charge on any atom is -0.396 e. The maximum Gasteiger partial charge on any atom is 0.265 e. The van der Waals surface area contributed by atoms with E-state index in [1.165, 1.54) is 11.3 Å². The van der Waals surface area contributed by atoms with Gasteiger partial charge in [0, 0.05) is 19.7 Å². The molecule has 2 heterocycles. The monoisotopic (exact) mass is 269 g/mol. The number of hydrogen-bond acceptors (Lipinski definition) is 5. The van der Waals surface area contributed by atoms with Crippen LogP contribution in [0.5, 0.6) is 0 Å². The van der Waals surface area contributed by atoms with Crippen molar-refractivity contribution in [2.45, 2.75) is 25.7 Å². The number of amides is 1. The molecule has 1 aliphatic rings. The van der Waals surface area contributed by atoms with Gasteiger partial charge in [-0.3, -0.25) is 4.79 Å². The van der Waals surface area contributed by atoms with Crippen molar-refractivity contribution in [2.24, 2.45) is 5.92 Å². The van der Waals surface area contributed by atoms with Gasteiger partial charge in [-0.2, -0.15) is 0 Å². The number of aromatic nitrogens is 1. The highest BCUT2D eigenvalue weighted by molar-refractivity contribution is 7.17. The van der Waals surface area contributed by atoms with Gasteiger partial charge in [-0.15, -0.1) is 0 Å². The molecule has 0 radical (unpaired) electrons. The van der Waals surface area contributed by atoms with Gasteiger partial charge in [-0.05, 0) is 31.6 Å². The van der Waals surface area contributed by atoms with E-state index in [0.717, 1.165) is 38.8 Å². The van der Waals surface area contributed by atoms with Crippen LogP contribution < -0.4 is 5.73 Å². The molecule has 0 spiro atoms. The Kier molecular flexibility index (Phi) is 4.54. The minimum atomic E-state index is 0.0397. The van der Waals surface area contributed by atoms with E-state index in [2.05, 4.69) is 4.98 Å². The van der Waals surface area contributed by atoms with Crippen LogP contribution in [-0.2, 0) is 0 Å². The fraction of sp³-hybridized carbons (Fsp3) is 0.667. The van der Waals surface area contributed by atoms with Crippen LogP contribution in [0, 0.1) is 5.92 Å². The summed E-state index contributed by atoms with van der Waals surface area (Å²) in [6.07, 6.45) is 5.55. The van der Waals surface area contributed by atoms with E-state index in [9.17, 15) is 4.79 Å². The average Bonchev–Trinajstić information content (AvgIpc) is 2.82. The number of rotatable bonds is 4. The molecule has 5 nitrogen and oxygen atoms in total. The van der Waals surface area contributed by atoms with Crippen LogP contribution in [0.25, 0.3) is 0 Å². The molecule has 1 atom stereocenters. The predicted octanol–water partition coefficient (Wildman–Crippen LogP) is 1.35. The molecule has 2 rings (SSSR count). The fourth-order valence-electron chi connectivity index (χ4n) is 2.41. The molecule has 0 aromatic carbocycles. The van der Waals surface area contributed by atoms with Crippen molar-refractivity contribution in [1.29, 1.82) is 0 Å². The maximum absolute atomic E-state index is 12.2. The highest BCUT2D eigenvalue weighted by Crippen LogP contribution is 2.24. The lowest BCUT2D eigenvalue weighted by Gasteiger charge is -2.32. The summed E-state index contributed by atoms with van der Waals surface area (Å²) in [6.45, 7) is 1.83. The molecule has 1 aromatic heterocycles. The summed E-state index contributed by atoms with van der Waals surface area (Å²) in [4.78, 5) is 18.6. The third-order valence-electron chi connectivity index (χ3n) is 3.31. The number of piperidine rings is 1. The van der Waals surface area contributed by atoms with Gasteiger partial charge in [-0.25, -0.2) is 4.98 Å². The number of nitrogens with two attached hydrogens (primary N) is 1. The number of carbonyl (C=O) groups is 1. The van der Waals surface area contributed by atoms with E-state index in [0.29, 0.717) is 15.9 Å². The van der Waals surface area contributed by atoms with Gasteiger partial charge in [-0.1, -0.05) is 11.3 Å². The van der Waals surface area contributed by atoms with Gasteiger partial charge in [0.05, 0.1) is 6.20 Å². The lowest BCUT2D eigenvalue weighted by molar-refractivity contribution is 0.0668. The Morgan fingerprint density at radius 1 is 1.67 bits per heavy atom. The molecule has 1 unspecified atom stereocenters. The number of anilines is 1. The number of thiazole rings is 1. The third-order valence-corrected chi connectivity index (χ3v) is 4.13. The van der Waals surface area contributed by atoms with Crippen LogP contribution in [0.4, 0.5) is 5.13 Å². The molecule has 100 valence electrons. The number of nitrogen functional groups attached to an aromatic ring is 1. The first-order chi connectivity index (χ1) is 8.70. The number of likely N-dealkylation sites (tertiary alicyclic amines) is 1. The van der Waals surface area contributed by atoms with Gasteiger partial charge in [0.15, 0.2) is 5.13 Å². The number of hydrogen-bond donors (Lipinski definition) is 2. The zero-order valence-corrected chi connectivity index (χ0v) is 11.2. The summed E-state index contributed by atoms with van der Waals surface area (Å²) >= 11 is 1.24. The Morgan fingerprint density at radius 2 is 2.50 bits per heavy atom. The van der Waals surface area contributed by atoms with Gasteiger partial charge in [0.25, 0.3) is 5.91 Å². The number of aliphatic hydroxyl groups excluding tert-OH is 1. The summed E-state index contributed by atoms with van der Waals surface area (Å²) in [5.74, 6) is 0.554. The largest absolute Gasteiger partial charge is 0.396 e.